The standard InChI is InChI=1S/C31H37Cl2N3O5S/c1-7-26(30(38)34-31(3,4)5)35(19-22-14-15-23(32)18-25(22)33)29(37)20-36(27-17-21(2)13-16-28(27)41-6)42(39,40)24-11-9-8-10-12-24/h8-18,26H,7,19-20H2,1-6H3,(H,34,38)/t26-/m0/s1. The summed E-state index contributed by atoms with van der Waals surface area (Å²) in [6.07, 6.45) is 0.276. The van der Waals surface area contributed by atoms with Gasteiger partial charge in [0.2, 0.25) is 11.8 Å². The van der Waals surface area contributed by atoms with Crippen molar-refractivity contribution in [1.29, 1.82) is 0 Å². The lowest BCUT2D eigenvalue weighted by atomic mass is 10.1. The molecule has 42 heavy (non-hydrogen) atoms. The van der Waals surface area contributed by atoms with Crippen molar-refractivity contribution >= 4 is 50.7 Å². The molecule has 0 fully saturated rings. The van der Waals surface area contributed by atoms with Crippen LogP contribution >= 0.6 is 23.2 Å². The number of benzene rings is 3. The summed E-state index contributed by atoms with van der Waals surface area (Å²) in [5, 5.41) is 3.69. The molecule has 0 bridgehead atoms. The van der Waals surface area contributed by atoms with E-state index in [1.807, 2.05) is 27.7 Å². The number of hydrogen-bond donors (Lipinski definition) is 1. The molecule has 8 nitrogen and oxygen atoms in total. The fourth-order valence-electron chi connectivity index (χ4n) is 4.43. The molecule has 226 valence electrons. The maximum atomic E-state index is 14.3. The average molecular weight is 635 g/mol. The van der Waals surface area contributed by atoms with E-state index in [9.17, 15) is 18.0 Å². The van der Waals surface area contributed by atoms with Gasteiger partial charge in [0, 0.05) is 22.1 Å². The van der Waals surface area contributed by atoms with E-state index >= 15 is 0 Å². The van der Waals surface area contributed by atoms with Crippen molar-refractivity contribution in [3.05, 3.63) is 87.9 Å². The molecule has 0 aromatic heterocycles. The zero-order valence-electron chi connectivity index (χ0n) is 24.6. The highest BCUT2D eigenvalue weighted by Gasteiger charge is 2.35. The van der Waals surface area contributed by atoms with Crippen LogP contribution in [0.4, 0.5) is 5.69 Å². The molecular formula is C31H37Cl2N3O5S. The van der Waals surface area contributed by atoms with Gasteiger partial charge in [0.15, 0.2) is 0 Å². The van der Waals surface area contributed by atoms with Crippen LogP contribution < -0.4 is 14.4 Å². The normalized spacial score (nSPS) is 12.4. The van der Waals surface area contributed by atoms with Crippen LogP contribution in [0.2, 0.25) is 10.0 Å². The largest absolute Gasteiger partial charge is 0.495 e. The molecule has 0 unspecified atom stereocenters. The average Bonchev–Trinajstić information content (AvgIpc) is 2.92. The molecule has 2 amide bonds. The van der Waals surface area contributed by atoms with Crippen LogP contribution in [-0.2, 0) is 26.2 Å². The molecule has 3 aromatic carbocycles. The Kier molecular flexibility index (Phi) is 10.9. The first kappa shape index (κ1) is 33.2. The lowest BCUT2D eigenvalue weighted by Crippen LogP contribution is -2.55. The van der Waals surface area contributed by atoms with Gasteiger partial charge in [0.1, 0.15) is 18.3 Å². The highest BCUT2D eigenvalue weighted by Crippen LogP contribution is 2.34. The first-order valence-corrected chi connectivity index (χ1v) is 15.7. The predicted molar refractivity (Wildman–Crippen MR) is 168 cm³/mol. The van der Waals surface area contributed by atoms with Crippen molar-refractivity contribution < 1.29 is 22.7 Å². The van der Waals surface area contributed by atoms with Gasteiger partial charge in [-0.2, -0.15) is 0 Å². The van der Waals surface area contributed by atoms with E-state index < -0.39 is 34.1 Å². The molecule has 0 aliphatic carbocycles. The number of nitrogens with one attached hydrogen (secondary N) is 1. The number of methoxy groups -OCH3 is 1. The van der Waals surface area contributed by atoms with E-state index in [-0.39, 0.29) is 35.2 Å². The summed E-state index contributed by atoms with van der Waals surface area (Å²) < 4.78 is 34.7. The summed E-state index contributed by atoms with van der Waals surface area (Å²) in [4.78, 5) is 29.1. The monoisotopic (exact) mass is 633 g/mol. The molecule has 1 atom stereocenters. The maximum Gasteiger partial charge on any atom is 0.264 e. The summed E-state index contributed by atoms with van der Waals surface area (Å²) in [6.45, 7) is 8.50. The third-order valence-electron chi connectivity index (χ3n) is 6.45. The van der Waals surface area contributed by atoms with E-state index in [0.29, 0.717) is 15.6 Å². The van der Waals surface area contributed by atoms with Crippen LogP contribution in [0.5, 0.6) is 5.75 Å². The number of carbonyl (C=O) groups is 2. The Labute approximate surface area is 258 Å². The van der Waals surface area contributed by atoms with Gasteiger partial charge >= 0.3 is 0 Å². The second-order valence-corrected chi connectivity index (χ2v) is 13.6. The fraction of sp³-hybridized carbons (Fsp3) is 0.355. The zero-order chi connectivity index (χ0) is 31.2. The lowest BCUT2D eigenvalue weighted by molar-refractivity contribution is -0.141. The van der Waals surface area contributed by atoms with Crippen LogP contribution in [0.25, 0.3) is 0 Å². The molecule has 0 spiro atoms. The first-order valence-electron chi connectivity index (χ1n) is 13.5. The molecule has 0 radical (unpaired) electrons. The fourth-order valence-corrected chi connectivity index (χ4v) is 6.34. The number of nitrogens with zero attached hydrogens (tertiary/aromatic N) is 2. The molecule has 11 heteroatoms. The van der Waals surface area contributed by atoms with Crippen LogP contribution in [0, 0.1) is 6.92 Å². The number of rotatable bonds is 11. The number of aryl methyl sites for hydroxylation is 1. The van der Waals surface area contributed by atoms with Crippen LogP contribution in [0.3, 0.4) is 0 Å². The zero-order valence-corrected chi connectivity index (χ0v) is 27.0. The first-order chi connectivity index (χ1) is 19.7. The Morgan fingerprint density at radius 2 is 1.67 bits per heavy atom. The molecule has 3 rings (SSSR count). The van der Waals surface area contributed by atoms with Crippen molar-refractivity contribution in [2.75, 3.05) is 18.0 Å². The molecule has 0 heterocycles. The number of ether oxygens (including phenoxy) is 1. The molecule has 0 saturated heterocycles. The lowest BCUT2D eigenvalue weighted by Gasteiger charge is -2.35. The van der Waals surface area contributed by atoms with Gasteiger partial charge in [-0.15, -0.1) is 0 Å². The quantitative estimate of drug-likeness (QED) is 0.270. The van der Waals surface area contributed by atoms with Crippen molar-refractivity contribution in [1.82, 2.24) is 10.2 Å². The van der Waals surface area contributed by atoms with Crippen molar-refractivity contribution in [3.8, 4) is 5.75 Å². The van der Waals surface area contributed by atoms with Crippen molar-refractivity contribution in [3.63, 3.8) is 0 Å². The van der Waals surface area contributed by atoms with Gasteiger partial charge in [-0.25, -0.2) is 8.42 Å². The summed E-state index contributed by atoms with van der Waals surface area (Å²) in [5.74, 6) is -0.688. The molecule has 0 aliphatic heterocycles. The summed E-state index contributed by atoms with van der Waals surface area (Å²) in [5.41, 5.74) is 0.968. The summed E-state index contributed by atoms with van der Waals surface area (Å²) in [6, 6.07) is 16.9. The SMILES string of the molecule is CC[C@@H](C(=O)NC(C)(C)C)N(Cc1ccc(Cl)cc1Cl)C(=O)CN(c1cc(C)ccc1OC)S(=O)(=O)c1ccccc1. The number of amides is 2. The van der Waals surface area contributed by atoms with Crippen LogP contribution in [0.15, 0.2) is 71.6 Å². The third-order valence-corrected chi connectivity index (χ3v) is 8.81. The number of sulfonamides is 1. The minimum absolute atomic E-state index is 0.00571. The molecule has 3 aromatic rings. The van der Waals surface area contributed by atoms with E-state index in [0.717, 1.165) is 9.87 Å². The van der Waals surface area contributed by atoms with Gasteiger partial charge in [-0.05, 0) is 81.6 Å². The predicted octanol–water partition coefficient (Wildman–Crippen LogP) is 6.23. The summed E-state index contributed by atoms with van der Waals surface area (Å²) in [7, 11) is -2.81. The van der Waals surface area contributed by atoms with Crippen LogP contribution in [-0.4, -0.2) is 50.4 Å². The topological polar surface area (TPSA) is 96.0 Å². The second-order valence-electron chi connectivity index (χ2n) is 10.9. The minimum Gasteiger partial charge on any atom is -0.495 e. The van der Waals surface area contributed by atoms with Gasteiger partial charge in [-0.1, -0.05) is 60.5 Å². The maximum absolute atomic E-state index is 14.3. The molecule has 0 saturated carbocycles. The van der Waals surface area contributed by atoms with Gasteiger partial charge in [-0.3, -0.25) is 13.9 Å². The number of hydrogen-bond acceptors (Lipinski definition) is 5. The second kappa shape index (κ2) is 13.8. The minimum atomic E-state index is -4.24. The van der Waals surface area contributed by atoms with E-state index in [1.165, 1.54) is 24.1 Å². The Hall–Kier alpha value is -3.27. The van der Waals surface area contributed by atoms with Gasteiger partial charge in [0.05, 0.1) is 17.7 Å². The smallest absolute Gasteiger partial charge is 0.264 e. The van der Waals surface area contributed by atoms with E-state index in [4.69, 9.17) is 27.9 Å². The highest BCUT2D eigenvalue weighted by atomic mass is 35.5. The highest BCUT2D eigenvalue weighted by molar-refractivity contribution is 7.92. The Bertz CT molecular complexity index is 1530. The molecular weight excluding hydrogens is 597 g/mol. The van der Waals surface area contributed by atoms with Crippen LogP contribution in [0.1, 0.15) is 45.2 Å². The molecule has 0 aliphatic rings. The van der Waals surface area contributed by atoms with Gasteiger partial charge in [0.25, 0.3) is 10.0 Å². The third kappa shape index (κ3) is 8.18. The number of anilines is 1. The van der Waals surface area contributed by atoms with E-state index in [2.05, 4.69) is 5.32 Å². The Morgan fingerprint density at radius 1 is 1.00 bits per heavy atom. The van der Waals surface area contributed by atoms with Gasteiger partial charge < -0.3 is 15.0 Å². The van der Waals surface area contributed by atoms with E-state index in [1.54, 1.807) is 61.5 Å². The Morgan fingerprint density at radius 3 is 2.24 bits per heavy atom. The summed E-state index contributed by atoms with van der Waals surface area (Å²) >= 11 is 12.6. The van der Waals surface area contributed by atoms with Crippen molar-refractivity contribution in [2.24, 2.45) is 0 Å². The Balaban J connectivity index is 2.15. The number of carbonyl (C=O) groups excluding carboxylic acids is 2. The van der Waals surface area contributed by atoms with Crippen molar-refractivity contribution in [2.45, 2.75) is 64.1 Å². The molecule has 1 N–H and O–H groups in total. The number of halogens is 2.